The first-order valence-electron chi connectivity index (χ1n) is 3.71. The summed E-state index contributed by atoms with van der Waals surface area (Å²) < 4.78 is 0. The number of rotatable bonds is 6. The van der Waals surface area contributed by atoms with Crippen molar-refractivity contribution in [3.63, 3.8) is 0 Å². The molecule has 5 heteroatoms. The smallest absolute Gasteiger partial charge is 0.304 e. The molecule has 1 unspecified atom stereocenters. The van der Waals surface area contributed by atoms with Crippen molar-refractivity contribution in [2.45, 2.75) is 31.7 Å². The fourth-order valence-corrected chi connectivity index (χ4v) is 0.842. The quantitative estimate of drug-likeness (QED) is 0.529. The Kier molecular flexibility index (Phi) is 5.03. The summed E-state index contributed by atoms with van der Waals surface area (Å²) in [5, 5.41) is 16.5. The number of carboxylic acids is 2. The van der Waals surface area contributed by atoms with Gasteiger partial charge in [-0.3, -0.25) is 9.59 Å². The van der Waals surface area contributed by atoms with Crippen LogP contribution in [0.5, 0.6) is 0 Å². The van der Waals surface area contributed by atoms with E-state index in [0.29, 0.717) is 12.8 Å². The third-order valence-electron chi connectivity index (χ3n) is 1.40. The van der Waals surface area contributed by atoms with Crippen LogP contribution in [0.25, 0.3) is 0 Å². The number of carbonyl (C=O) groups is 2. The molecule has 0 aromatic rings. The molecule has 0 bridgehead atoms. The lowest BCUT2D eigenvalue weighted by atomic mass is 10.1. The third-order valence-corrected chi connectivity index (χ3v) is 1.40. The maximum atomic E-state index is 10.1. The molecule has 0 radical (unpaired) electrons. The van der Waals surface area contributed by atoms with Crippen LogP contribution in [0.1, 0.15) is 25.7 Å². The minimum absolute atomic E-state index is 0.0489. The summed E-state index contributed by atoms with van der Waals surface area (Å²) in [7, 11) is 0. The lowest BCUT2D eigenvalue weighted by molar-refractivity contribution is -0.137. The molecule has 1 atom stereocenters. The Bertz CT molecular complexity index is 169. The van der Waals surface area contributed by atoms with Crippen molar-refractivity contribution in [1.29, 1.82) is 0 Å². The van der Waals surface area contributed by atoms with Gasteiger partial charge < -0.3 is 15.9 Å². The van der Waals surface area contributed by atoms with Crippen LogP contribution in [-0.2, 0) is 9.59 Å². The van der Waals surface area contributed by atoms with E-state index in [2.05, 4.69) is 0 Å². The van der Waals surface area contributed by atoms with E-state index in [1.807, 2.05) is 0 Å². The predicted octanol–water partition coefficient (Wildman–Crippen LogP) is 0.0433. The van der Waals surface area contributed by atoms with Crippen molar-refractivity contribution in [3.8, 4) is 0 Å². The number of hydrogen-bond acceptors (Lipinski definition) is 3. The van der Waals surface area contributed by atoms with Crippen LogP contribution in [0.3, 0.4) is 0 Å². The molecule has 0 aromatic heterocycles. The standard InChI is InChI=1S/C7H13NO4/c8-5(4-7(11)12)2-1-3-6(9)10/h5H,1-4,8H2,(H,9,10)(H,11,12). The largest absolute Gasteiger partial charge is 0.481 e. The van der Waals surface area contributed by atoms with Crippen molar-refractivity contribution in [3.05, 3.63) is 0 Å². The molecule has 0 rings (SSSR count). The molecular weight excluding hydrogens is 162 g/mol. The van der Waals surface area contributed by atoms with Crippen LogP contribution in [0, 0.1) is 0 Å². The Morgan fingerprint density at radius 1 is 1.25 bits per heavy atom. The second kappa shape index (κ2) is 5.54. The molecule has 0 heterocycles. The maximum Gasteiger partial charge on any atom is 0.304 e. The van der Waals surface area contributed by atoms with Gasteiger partial charge in [-0.15, -0.1) is 0 Å². The second-order valence-electron chi connectivity index (χ2n) is 2.64. The summed E-state index contributed by atoms with van der Waals surface area (Å²) in [4.78, 5) is 20.2. The third kappa shape index (κ3) is 7.01. The van der Waals surface area contributed by atoms with Crippen LogP contribution in [0.4, 0.5) is 0 Å². The number of aliphatic carboxylic acids is 2. The van der Waals surface area contributed by atoms with Crippen LogP contribution < -0.4 is 5.73 Å². The van der Waals surface area contributed by atoms with Gasteiger partial charge in [0, 0.05) is 12.5 Å². The van der Waals surface area contributed by atoms with E-state index >= 15 is 0 Å². The van der Waals surface area contributed by atoms with Gasteiger partial charge in [0.25, 0.3) is 0 Å². The molecule has 70 valence electrons. The summed E-state index contributed by atoms with van der Waals surface area (Å²) >= 11 is 0. The predicted molar refractivity (Wildman–Crippen MR) is 41.7 cm³/mol. The summed E-state index contributed by atoms with van der Waals surface area (Å²) in [5.74, 6) is -1.82. The van der Waals surface area contributed by atoms with Gasteiger partial charge in [0.1, 0.15) is 0 Å². The van der Waals surface area contributed by atoms with Crippen molar-refractivity contribution in [2.24, 2.45) is 5.73 Å². The van der Waals surface area contributed by atoms with Gasteiger partial charge in [-0.1, -0.05) is 0 Å². The summed E-state index contributed by atoms with van der Waals surface area (Å²) in [5.41, 5.74) is 5.39. The zero-order valence-corrected chi connectivity index (χ0v) is 6.69. The van der Waals surface area contributed by atoms with E-state index in [0.717, 1.165) is 0 Å². The molecule has 5 nitrogen and oxygen atoms in total. The zero-order chi connectivity index (χ0) is 9.56. The molecule has 0 saturated heterocycles. The zero-order valence-electron chi connectivity index (χ0n) is 6.69. The highest BCUT2D eigenvalue weighted by Crippen LogP contribution is 2.01. The first-order valence-corrected chi connectivity index (χ1v) is 3.71. The van der Waals surface area contributed by atoms with E-state index in [-0.39, 0.29) is 12.8 Å². The van der Waals surface area contributed by atoms with E-state index in [9.17, 15) is 9.59 Å². The molecule has 0 fully saturated rings. The Morgan fingerprint density at radius 3 is 2.25 bits per heavy atom. The molecule has 4 N–H and O–H groups in total. The minimum atomic E-state index is -0.946. The summed E-state index contributed by atoms with van der Waals surface area (Å²) in [6.07, 6.45) is 0.829. The van der Waals surface area contributed by atoms with Crippen LogP contribution >= 0.6 is 0 Å². The number of nitrogens with two attached hydrogens (primary N) is 1. The number of carboxylic acid groups (broad SMARTS) is 2. The van der Waals surface area contributed by atoms with Gasteiger partial charge in [-0.05, 0) is 12.8 Å². The summed E-state index contributed by atoms with van der Waals surface area (Å²) in [6.45, 7) is 0. The highest BCUT2D eigenvalue weighted by atomic mass is 16.4. The van der Waals surface area contributed by atoms with Crippen LogP contribution in [0.15, 0.2) is 0 Å². The van der Waals surface area contributed by atoms with Crippen LogP contribution in [-0.4, -0.2) is 28.2 Å². The van der Waals surface area contributed by atoms with Crippen LogP contribution in [0.2, 0.25) is 0 Å². The monoisotopic (exact) mass is 175 g/mol. The maximum absolute atomic E-state index is 10.1. The highest BCUT2D eigenvalue weighted by molar-refractivity contribution is 5.67. The molecule has 0 aliphatic carbocycles. The minimum Gasteiger partial charge on any atom is -0.481 e. The molecule has 0 aliphatic heterocycles. The van der Waals surface area contributed by atoms with Crippen molar-refractivity contribution < 1.29 is 19.8 Å². The van der Waals surface area contributed by atoms with Crippen molar-refractivity contribution in [2.75, 3.05) is 0 Å². The molecule has 0 spiro atoms. The van der Waals surface area contributed by atoms with Gasteiger partial charge in [0.15, 0.2) is 0 Å². The molecule has 0 aliphatic rings. The van der Waals surface area contributed by atoms with E-state index in [1.54, 1.807) is 0 Å². The average molecular weight is 175 g/mol. The van der Waals surface area contributed by atoms with Gasteiger partial charge >= 0.3 is 11.9 Å². The Balaban J connectivity index is 3.37. The molecule has 0 saturated carbocycles. The molecule has 0 aromatic carbocycles. The normalized spacial score (nSPS) is 12.4. The van der Waals surface area contributed by atoms with Gasteiger partial charge in [0.2, 0.25) is 0 Å². The fourth-order valence-electron chi connectivity index (χ4n) is 0.842. The number of hydrogen-bond donors (Lipinski definition) is 3. The highest BCUT2D eigenvalue weighted by Gasteiger charge is 2.08. The van der Waals surface area contributed by atoms with E-state index < -0.39 is 18.0 Å². The van der Waals surface area contributed by atoms with E-state index in [4.69, 9.17) is 15.9 Å². The van der Waals surface area contributed by atoms with E-state index in [1.165, 1.54) is 0 Å². The van der Waals surface area contributed by atoms with Gasteiger partial charge in [0.05, 0.1) is 6.42 Å². The van der Waals surface area contributed by atoms with Crippen molar-refractivity contribution in [1.82, 2.24) is 0 Å². The first kappa shape index (κ1) is 10.9. The first-order chi connectivity index (χ1) is 5.52. The molecule has 0 amide bonds. The lowest BCUT2D eigenvalue weighted by Gasteiger charge is -2.06. The van der Waals surface area contributed by atoms with Crippen molar-refractivity contribution >= 4 is 11.9 Å². The Hall–Kier alpha value is -1.10. The topological polar surface area (TPSA) is 101 Å². The van der Waals surface area contributed by atoms with Gasteiger partial charge in [-0.25, -0.2) is 0 Å². The average Bonchev–Trinajstić information content (AvgIpc) is 1.84. The van der Waals surface area contributed by atoms with Gasteiger partial charge in [-0.2, -0.15) is 0 Å². The Labute approximate surface area is 70.2 Å². The molecular formula is C7H13NO4. The SMILES string of the molecule is NC(CCCC(=O)O)CC(=O)O. The Morgan fingerprint density at radius 2 is 1.83 bits per heavy atom. The second-order valence-corrected chi connectivity index (χ2v) is 2.64. The lowest BCUT2D eigenvalue weighted by Crippen LogP contribution is -2.23. The fraction of sp³-hybridized carbons (Fsp3) is 0.714. The molecule has 12 heavy (non-hydrogen) atoms. The summed E-state index contributed by atoms with van der Waals surface area (Å²) in [6, 6.07) is -0.429.